The van der Waals surface area contributed by atoms with Gasteiger partial charge in [0.1, 0.15) is 17.3 Å². The maximum atomic E-state index is 14.6. The molecule has 0 saturated carbocycles. The predicted octanol–water partition coefficient (Wildman–Crippen LogP) is 5.25. The maximum Gasteiger partial charge on any atom is 0.338 e. The smallest absolute Gasteiger partial charge is 0.338 e. The summed E-state index contributed by atoms with van der Waals surface area (Å²) >= 11 is 3.58. The Kier molecular flexibility index (Phi) is 5.94. The van der Waals surface area contributed by atoms with Gasteiger partial charge in [-0.3, -0.25) is 4.90 Å². The molecule has 0 amide bonds. The molecule has 1 aromatic carbocycles. The van der Waals surface area contributed by atoms with Crippen LogP contribution >= 0.6 is 15.9 Å². The number of carbonyl (C=O) groups excluding carboxylic acids is 1. The lowest BCUT2D eigenvalue weighted by Crippen LogP contribution is -2.32. The molecule has 0 N–H and O–H groups in total. The van der Waals surface area contributed by atoms with Crippen LogP contribution in [-0.2, 0) is 11.8 Å². The van der Waals surface area contributed by atoms with Gasteiger partial charge in [0.2, 0.25) is 0 Å². The van der Waals surface area contributed by atoms with Crippen LogP contribution in [0.25, 0.3) is 16.6 Å². The fourth-order valence-electron chi connectivity index (χ4n) is 4.17. The van der Waals surface area contributed by atoms with E-state index in [1.54, 1.807) is 6.20 Å². The van der Waals surface area contributed by atoms with Crippen molar-refractivity contribution in [1.29, 1.82) is 0 Å². The Bertz CT molecular complexity index is 1180. The number of rotatable bonds is 4. The molecule has 4 rings (SSSR count). The van der Waals surface area contributed by atoms with Crippen LogP contribution in [0.5, 0.6) is 0 Å². The lowest BCUT2D eigenvalue weighted by Gasteiger charge is -2.32. The van der Waals surface area contributed by atoms with Gasteiger partial charge in [0.05, 0.1) is 12.7 Å². The van der Waals surface area contributed by atoms with Crippen molar-refractivity contribution < 1.29 is 18.3 Å². The van der Waals surface area contributed by atoms with Crippen LogP contribution in [0, 0.1) is 11.6 Å². The fourth-order valence-corrected chi connectivity index (χ4v) is 4.58. The second-order valence-corrected chi connectivity index (χ2v) is 8.47. The molecule has 0 saturated heterocycles. The third kappa shape index (κ3) is 3.90. The number of hydrogen-bond donors (Lipinski definition) is 0. The molecule has 0 aliphatic carbocycles. The van der Waals surface area contributed by atoms with Crippen LogP contribution in [0.15, 0.2) is 41.0 Å². The van der Waals surface area contributed by atoms with Crippen molar-refractivity contribution in [3.63, 3.8) is 0 Å². The molecule has 3 heterocycles. The van der Waals surface area contributed by atoms with Crippen molar-refractivity contribution >= 4 is 38.5 Å². The number of aromatic nitrogens is 2. The number of hydrogen-bond acceptors (Lipinski definition) is 4. The Morgan fingerprint density at radius 1 is 1.26 bits per heavy atom. The van der Waals surface area contributed by atoms with E-state index in [1.807, 2.05) is 19.2 Å². The number of benzene rings is 1. The molecule has 0 unspecified atom stereocenters. The van der Waals surface area contributed by atoms with Crippen LogP contribution in [0.2, 0.25) is 0 Å². The Hall–Kier alpha value is -2.58. The molecule has 1 aliphatic heterocycles. The summed E-state index contributed by atoms with van der Waals surface area (Å²) in [5.41, 5.74) is 2.42. The first-order valence-corrected chi connectivity index (χ1v) is 10.7. The molecule has 31 heavy (non-hydrogen) atoms. The highest BCUT2D eigenvalue weighted by atomic mass is 79.9. The first kappa shape index (κ1) is 21.6. The highest BCUT2D eigenvalue weighted by molar-refractivity contribution is 9.10. The third-order valence-corrected chi connectivity index (χ3v) is 6.61. The summed E-state index contributed by atoms with van der Waals surface area (Å²) in [6, 6.07) is 6.20. The number of nitrogens with zero attached hydrogens (tertiary/aromatic N) is 3. The normalized spacial score (nSPS) is 15.7. The molecular weight excluding hydrogens is 468 g/mol. The zero-order valence-corrected chi connectivity index (χ0v) is 19.0. The quantitative estimate of drug-likeness (QED) is 0.469. The van der Waals surface area contributed by atoms with Crippen molar-refractivity contribution in [3.8, 4) is 0 Å². The Labute approximate surface area is 187 Å². The van der Waals surface area contributed by atoms with E-state index < -0.39 is 17.6 Å². The maximum absolute atomic E-state index is 14.6. The second-order valence-electron chi connectivity index (χ2n) is 7.62. The van der Waals surface area contributed by atoms with E-state index in [0.717, 1.165) is 33.3 Å². The summed E-state index contributed by atoms with van der Waals surface area (Å²) in [7, 11) is 3.17. The van der Waals surface area contributed by atoms with E-state index >= 15 is 0 Å². The second kappa shape index (κ2) is 8.51. The van der Waals surface area contributed by atoms with Gasteiger partial charge >= 0.3 is 5.97 Å². The van der Waals surface area contributed by atoms with Gasteiger partial charge in [0, 0.05) is 53.5 Å². The zero-order valence-electron chi connectivity index (χ0n) is 17.5. The van der Waals surface area contributed by atoms with Crippen LogP contribution in [0.3, 0.4) is 0 Å². The number of halogens is 3. The lowest BCUT2D eigenvalue weighted by atomic mass is 9.96. The number of fused-ring (bicyclic) bond motifs is 1. The van der Waals surface area contributed by atoms with Crippen molar-refractivity contribution in [2.75, 3.05) is 20.2 Å². The summed E-state index contributed by atoms with van der Waals surface area (Å²) in [6.45, 7) is 3.33. The van der Waals surface area contributed by atoms with Gasteiger partial charge in [0.15, 0.2) is 0 Å². The van der Waals surface area contributed by atoms with Crippen molar-refractivity contribution in [2.45, 2.75) is 19.4 Å². The van der Waals surface area contributed by atoms with Gasteiger partial charge in [-0.15, -0.1) is 0 Å². The first-order chi connectivity index (χ1) is 14.8. The number of methoxy groups -OCH3 is 1. The Morgan fingerprint density at radius 3 is 2.55 bits per heavy atom. The zero-order chi connectivity index (χ0) is 22.3. The molecule has 5 nitrogen and oxygen atoms in total. The highest BCUT2D eigenvalue weighted by Crippen LogP contribution is 2.34. The van der Waals surface area contributed by atoms with Crippen molar-refractivity contribution in [1.82, 2.24) is 14.5 Å². The fraction of sp³-hybridized carbons (Fsp3) is 0.304. The average Bonchev–Trinajstić information content (AvgIpc) is 3.10. The van der Waals surface area contributed by atoms with Gasteiger partial charge < -0.3 is 9.30 Å². The topological polar surface area (TPSA) is 47.4 Å². The Balaban J connectivity index is 1.58. The summed E-state index contributed by atoms with van der Waals surface area (Å²) < 4.78 is 36.8. The molecule has 1 aliphatic rings. The van der Waals surface area contributed by atoms with Gasteiger partial charge in [-0.1, -0.05) is 6.08 Å². The number of aryl methyl sites for hydroxylation is 1. The summed E-state index contributed by atoms with van der Waals surface area (Å²) in [4.78, 5) is 18.3. The summed E-state index contributed by atoms with van der Waals surface area (Å²) in [5, 5.41) is 1.05. The molecular formula is C23H22BrF2N3O2. The largest absolute Gasteiger partial charge is 0.465 e. The Morgan fingerprint density at radius 2 is 1.97 bits per heavy atom. The highest BCUT2D eigenvalue weighted by Gasteiger charge is 2.25. The number of esters is 1. The molecule has 0 spiro atoms. The first-order valence-electron chi connectivity index (χ1n) is 9.92. The minimum atomic E-state index is -0.766. The van der Waals surface area contributed by atoms with E-state index in [2.05, 4.69) is 48.1 Å². The molecule has 8 heteroatoms. The third-order valence-electron chi connectivity index (χ3n) is 5.91. The van der Waals surface area contributed by atoms with Crippen molar-refractivity contribution in [2.24, 2.45) is 7.05 Å². The molecule has 162 valence electrons. The van der Waals surface area contributed by atoms with Gasteiger partial charge in [-0.05, 0) is 59.1 Å². The minimum Gasteiger partial charge on any atom is -0.465 e. The monoisotopic (exact) mass is 489 g/mol. The molecule has 0 fully saturated rings. The lowest BCUT2D eigenvalue weighted by molar-refractivity contribution is 0.0599. The van der Waals surface area contributed by atoms with Crippen LogP contribution in [-0.4, -0.2) is 40.6 Å². The molecule has 3 aromatic rings. The van der Waals surface area contributed by atoms with E-state index in [-0.39, 0.29) is 17.2 Å². The number of ether oxygens (including phenoxy) is 1. The molecule has 1 atom stereocenters. The molecule has 0 radical (unpaired) electrons. The number of carbonyl (C=O) groups is 1. The van der Waals surface area contributed by atoms with E-state index in [4.69, 9.17) is 0 Å². The van der Waals surface area contributed by atoms with E-state index in [1.165, 1.54) is 7.11 Å². The van der Waals surface area contributed by atoms with Crippen LogP contribution in [0.4, 0.5) is 8.78 Å². The SMILES string of the molecule is COC(=O)c1cc(F)c(C2=CCN([C@H](C)c3cc4c(Br)ccnc4n3C)CC2)c(F)c1. The summed E-state index contributed by atoms with van der Waals surface area (Å²) in [5.74, 6) is -2.27. The van der Waals surface area contributed by atoms with Crippen LogP contribution < -0.4 is 0 Å². The predicted molar refractivity (Wildman–Crippen MR) is 119 cm³/mol. The molecule has 0 bridgehead atoms. The van der Waals surface area contributed by atoms with Crippen molar-refractivity contribution in [3.05, 3.63) is 69.5 Å². The van der Waals surface area contributed by atoms with Gasteiger partial charge in [0.25, 0.3) is 0 Å². The standard InChI is InChI=1S/C23H22BrF2N3O2/c1-13(20-12-16-17(24)4-7-27-22(16)28(20)2)29-8-5-14(6-9-29)21-18(25)10-15(11-19(21)26)23(30)31-3/h4-5,7,10-13H,6,8-9H2,1-3H3/t13-/m1/s1. The van der Waals surface area contributed by atoms with Gasteiger partial charge in [-0.25, -0.2) is 18.6 Å². The minimum absolute atomic E-state index is 0.0716. The van der Waals surface area contributed by atoms with E-state index in [0.29, 0.717) is 25.1 Å². The average molecular weight is 490 g/mol. The summed E-state index contributed by atoms with van der Waals surface area (Å²) in [6.07, 6.45) is 4.13. The van der Waals surface area contributed by atoms with Crippen LogP contribution in [0.1, 0.15) is 41.0 Å². The molecule has 2 aromatic heterocycles. The van der Waals surface area contributed by atoms with Gasteiger partial charge in [-0.2, -0.15) is 0 Å². The number of pyridine rings is 1. The van der Waals surface area contributed by atoms with E-state index in [9.17, 15) is 13.6 Å².